The van der Waals surface area contributed by atoms with Gasteiger partial charge in [0.15, 0.2) is 5.78 Å². The Morgan fingerprint density at radius 2 is 2.20 bits per heavy atom. The molecule has 2 aliphatic heterocycles. The van der Waals surface area contributed by atoms with Crippen LogP contribution in [0.3, 0.4) is 0 Å². The molecule has 0 saturated carbocycles. The van der Waals surface area contributed by atoms with Crippen LogP contribution < -0.4 is 5.32 Å². The Bertz CT molecular complexity index is 464. The van der Waals surface area contributed by atoms with E-state index in [1.165, 1.54) is 0 Å². The normalized spacial score (nSPS) is 25.1. The first-order valence-electron chi connectivity index (χ1n) is 7.83. The number of likely N-dealkylation sites (tertiary alicyclic amines) is 1. The maximum Gasteiger partial charge on any atom is 0.197 e. The molecule has 0 bridgehead atoms. The van der Waals surface area contributed by atoms with Gasteiger partial charge < -0.3 is 5.32 Å². The van der Waals surface area contributed by atoms with Gasteiger partial charge in [0.1, 0.15) is 5.69 Å². The van der Waals surface area contributed by atoms with Gasteiger partial charge in [-0.25, -0.2) is 0 Å². The van der Waals surface area contributed by atoms with Gasteiger partial charge in [0.2, 0.25) is 0 Å². The zero-order chi connectivity index (χ0) is 13.9. The zero-order valence-corrected chi connectivity index (χ0v) is 12.2. The molecule has 0 aliphatic carbocycles. The van der Waals surface area contributed by atoms with Crippen LogP contribution in [-0.2, 0) is 6.54 Å². The van der Waals surface area contributed by atoms with Gasteiger partial charge in [0, 0.05) is 18.8 Å². The topological polar surface area (TPSA) is 50.2 Å². The lowest BCUT2D eigenvalue weighted by molar-refractivity contribution is 0.0773. The Balaban J connectivity index is 1.76. The molecule has 2 aliphatic rings. The SMILES string of the molecule is CCn1nccc1C(=O)C1CCCN1C1CCNCC1. The van der Waals surface area contributed by atoms with Gasteiger partial charge in [-0.1, -0.05) is 0 Å². The zero-order valence-electron chi connectivity index (χ0n) is 12.2. The lowest BCUT2D eigenvalue weighted by atomic mass is 10.0. The third-order valence-corrected chi connectivity index (χ3v) is 4.64. The highest BCUT2D eigenvalue weighted by Crippen LogP contribution is 2.26. The molecule has 1 aromatic heterocycles. The van der Waals surface area contributed by atoms with Crippen LogP contribution in [0.25, 0.3) is 0 Å². The molecule has 2 saturated heterocycles. The van der Waals surface area contributed by atoms with Gasteiger partial charge in [-0.05, 0) is 58.3 Å². The maximum absolute atomic E-state index is 12.8. The lowest BCUT2D eigenvalue weighted by Gasteiger charge is -2.35. The van der Waals surface area contributed by atoms with Gasteiger partial charge in [-0.15, -0.1) is 0 Å². The number of Topliss-reactive ketones (excluding diaryl/α,β-unsaturated/α-hetero) is 1. The van der Waals surface area contributed by atoms with E-state index >= 15 is 0 Å². The maximum atomic E-state index is 12.8. The molecule has 0 radical (unpaired) electrons. The summed E-state index contributed by atoms with van der Waals surface area (Å²) in [4.78, 5) is 15.3. The summed E-state index contributed by atoms with van der Waals surface area (Å²) in [7, 11) is 0. The fourth-order valence-electron chi connectivity index (χ4n) is 3.61. The second-order valence-electron chi connectivity index (χ2n) is 5.77. The van der Waals surface area contributed by atoms with Crippen LogP contribution in [0.15, 0.2) is 12.3 Å². The monoisotopic (exact) mass is 276 g/mol. The number of hydrogen-bond donors (Lipinski definition) is 1. The number of aryl methyl sites for hydroxylation is 1. The third-order valence-electron chi connectivity index (χ3n) is 4.64. The van der Waals surface area contributed by atoms with Crippen LogP contribution in [0.2, 0.25) is 0 Å². The molecule has 0 amide bonds. The predicted octanol–water partition coefficient (Wildman–Crippen LogP) is 1.30. The average molecular weight is 276 g/mol. The molecule has 0 aromatic carbocycles. The molecule has 1 N–H and O–H groups in total. The first-order valence-corrected chi connectivity index (χ1v) is 7.83. The minimum Gasteiger partial charge on any atom is -0.317 e. The molecule has 1 unspecified atom stereocenters. The van der Waals surface area contributed by atoms with E-state index in [4.69, 9.17) is 0 Å². The van der Waals surface area contributed by atoms with Crippen molar-refractivity contribution in [1.82, 2.24) is 20.0 Å². The number of hydrogen-bond acceptors (Lipinski definition) is 4. The number of aromatic nitrogens is 2. The highest BCUT2D eigenvalue weighted by Gasteiger charge is 2.36. The van der Waals surface area contributed by atoms with Crippen LogP contribution in [0.5, 0.6) is 0 Å². The number of carbonyl (C=O) groups excluding carboxylic acids is 1. The van der Waals surface area contributed by atoms with Gasteiger partial charge in [0.25, 0.3) is 0 Å². The first kappa shape index (κ1) is 13.8. The van der Waals surface area contributed by atoms with Crippen molar-refractivity contribution in [1.29, 1.82) is 0 Å². The third kappa shape index (κ3) is 2.52. The van der Waals surface area contributed by atoms with Crippen molar-refractivity contribution >= 4 is 5.78 Å². The fraction of sp³-hybridized carbons (Fsp3) is 0.733. The second-order valence-corrected chi connectivity index (χ2v) is 5.77. The smallest absolute Gasteiger partial charge is 0.197 e. The van der Waals surface area contributed by atoms with Crippen molar-refractivity contribution in [2.75, 3.05) is 19.6 Å². The van der Waals surface area contributed by atoms with E-state index in [2.05, 4.69) is 15.3 Å². The summed E-state index contributed by atoms with van der Waals surface area (Å²) < 4.78 is 1.82. The van der Waals surface area contributed by atoms with E-state index in [1.807, 2.05) is 17.7 Å². The molecule has 1 atom stereocenters. The van der Waals surface area contributed by atoms with E-state index in [-0.39, 0.29) is 11.8 Å². The van der Waals surface area contributed by atoms with Gasteiger partial charge >= 0.3 is 0 Å². The minimum absolute atomic E-state index is 0.0695. The van der Waals surface area contributed by atoms with Crippen LogP contribution in [-0.4, -0.2) is 52.2 Å². The van der Waals surface area contributed by atoms with E-state index in [0.717, 1.165) is 57.6 Å². The number of carbonyl (C=O) groups is 1. The van der Waals surface area contributed by atoms with Crippen molar-refractivity contribution in [2.45, 2.75) is 51.2 Å². The summed E-state index contributed by atoms with van der Waals surface area (Å²) in [6.45, 7) is 6.02. The van der Waals surface area contributed by atoms with Crippen molar-refractivity contribution in [3.8, 4) is 0 Å². The number of nitrogens with zero attached hydrogens (tertiary/aromatic N) is 3. The van der Waals surface area contributed by atoms with E-state index in [0.29, 0.717) is 6.04 Å². The summed E-state index contributed by atoms with van der Waals surface area (Å²) in [5.41, 5.74) is 0.776. The van der Waals surface area contributed by atoms with Crippen LogP contribution in [0.1, 0.15) is 43.1 Å². The van der Waals surface area contributed by atoms with Gasteiger partial charge in [-0.2, -0.15) is 5.10 Å². The molecule has 5 nitrogen and oxygen atoms in total. The standard InChI is InChI=1S/C15H24N4O/c1-2-19-14(7-10-17-19)15(20)13-4-3-11-18(13)12-5-8-16-9-6-12/h7,10,12-13,16H,2-6,8-9,11H2,1H3. The molecule has 5 heteroatoms. The van der Waals surface area contributed by atoms with Crippen molar-refractivity contribution in [2.24, 2.45) is 0 Å². The first-order chi connectivity index (χ1) is 9.81. The highest BCUT2D eigenvalue weighted by molar-refractivity contribution is 5.98. The lowest BCUT2D eigenvalue weighted by Crippen LogP contribution is -2.48. The second kappa shape index (κ2) is 6.06. The Morgan fingerprint density at radius 1 is 1.40 bits per heavy atom. The molecule has 2 fully saturated rings. The molecule has 1 aromatic rings. The summed E-state index contributed by atoms with van der Waals surface area (Å²) in [6.07, 6.45) is 6.20. The summed E-state index contributed by atoms with van der Waals surface area (Å²) >= 11 is 0. The van der Waals surface area contributed by atoms with Crippen molar-refractivity contribution < 1.29 is 4.79 Å². The van der Waals surface area contributed by atoms with Crippen molar-refractivity contribution in [3.63, 3.8) is 0 Å². The Hall–Kier alpha value is -1.20. The summed E-state index contributed by atoms with van der Waals surface area (Å²) in [5.74, 6) is 0.264. The molecule has 3 rings (SSSR count). The van der Waals surface area contributed by atoms with Gasteiger partial charge in [-0.3, -0.25) is 14.4 Å². The van der Waals surface area contributed by atoms with E-state index < -0.39 is 0 Å². The Kier molecular flexibility index (Phi) is 4.17. The summed E-state index contributed by atoms with van der Waals surface area (Å²) in [5, 5.41) is 7.63. The van der Waals surface area contributed by atoms with Crippen LogP contribution >= 0.6 is 0 Å². The number of ketones is 1. The molecule has 110 valence electrons. The Labute approximate surface area is 120 Å². The highest BCUT2D eigenvalue weighted by atomic mass is 16.1. The van der Waals surface area contributed by atoms with Crippen LogP contribution in [0, 0.1) is 0 Å². The fourth-order valence-corrected chi connectivity index (χ4v) is 3.61. The molecule has 3 heterocycles. The van der Waals surface area contributed by atoms with Gasteiger partial charge in [0.05, 0.1) is 6.04 Å². The quantitative estimate of drug-likeness (QED) is 0.842. The predicted molar refractivity (Wildman–Crippen MR) is 77.9 cm³/mol. The average Bonchev–Trinajstić information content (AvgIpc) is 3.16. The number of rotatable bonds is 4. The molecule has 20 heavy (non-hydrogen) atoms. The van der Waals surface area contributed by atoms with E-state index in [1.54, 1.807) is 6.20 Å². The Morgan fingerprint density at radius 3 is 2.95 bits per heavy atom. The number of nitrogens with one attached hydrogen (secondary N) is 1. The molecule has 0 spiro atoms. The van der Waals surface area contributed by atoms with Crippen molar-refractivity contribution in [3.05, 3.63) is 18.0 Å². The summed E-state index contributed by atoms with van der Waals surface area (Å²) in [6, 6.07) is 2.51. The minimum atomic E-state index is 0.0695. The molecular formula is C15H24N4O. The van der Waals surface area contributed by atoms with E-state index in [9.17, 15) is 4.79 Å². The largest absolute Gasteiger partial charge is 0.317 e. The molecular weight excluding hydrogens is 252 g/mol. The van der Waals surface area contributed by atoms with Crippen LogP contribution in [0.4, 0.5) is 0 Å². The number of piperidine rings is 1.